The van der Waals surface area contributed by atoms with Crippen LogP contribution in [-0.2, 0) is 0 Å². The molecule has 0 aromatic heterocycles. The molecule has 0 radical (unpaired) electrons. The van der Waals surface area contributed by atoms with Crippen molar-refractivity contribution in [2.45, 2.75) is 0 Å². The lowest BCUT2D eigenvalue weighted by atomic mass is 9.86. The van der Waals surface area contributed by atoms with E-state index in [1.807, 2.05) is 24.3 Å². The van der Waals surface area contributed by atoms with Gasteiger partial charge in [0.05, 0.1) is 0 Å². The molecule has 0 N–H and O–H groups in total. The highest BCUT2D eigenvalue weighted by molar-refractivity contribution is 6.25. The van der Waals surface area contributed by atoms with Gasteiger partial charge in [0, 0.05) is 0 Å². The summed E-state index contributed by atoms with van der Waals surface area (Å²) in [4.78, 5) is 0. The predicted molar refractivity (Wildman–Crippen MR) is 120 cm³/mol. The number of halogens is 1. The van der Waals surface area contributed by atoms with Crippen molar-refractivity contribution in [3.05, 3.63) is 143 Å². The van der Waals surface area contributed by atoms with Crippen LogP contribution in [0.1, 0.15) is 27.8 Å². The van der Waals surface area contributed by atoms with Gasteiger partial charge in [0.15, 0.2) is 0 Å². The minimum absolute atomic E-state index is 0.223. The number of rotatable bonds is 3. The minimum Gasteiger partial charge on any atom is -0.207 e. The van der Waals surface area contributed by atoms with Crippen molar-refractivity contribution in [2.24, 2.45) is 0 Å². The molecule has 5 rings (SSSR count). The van der Waals surface area contributed by atoms with Crippen LogP contribution in [0.2, 0.25) is 0 Å². The topological polar surface area (TPSA) is 0 Å². The summed E-state index contributed by atoms with van der Waals surface area (Å²) in [5, 5.41) is 0. The number of allylic oxidation sites excluding steroid dienone is 2. The van der Waals surface area contributed by atoms with E-state index in [2.05, 4.69) is 72.8 Å². The van der Waals surface area contributed by atoms with Crippen LogP contribution in [0.25, 0.3) is 22.8 Å². The third-order valence-electron chi connectivity index (χ3n) is 5.31. The van der Waals surface area contributed by atoms with Crippen molar-refractivity contribution in [1.82, 2.24) is 0 Å². The van der Waals surface area contributed by atoms with Crippen LogP contribution in [0, 0.1) is 5.82 Å². The van der Waals surface area contributed by atoms with E-state index in [1.165, 1.54) is 11.6 Å². The van der Waals surface area contributed by atoms with Crippen molar-refractivity contribution < 1.29 is 4.39 Å². The summed E-state index contributed by atoms with van der Waals surface area (Å²) in [5.41, 5.74) is 8.87. The first-order valence-electron chi connectivity index (χ1n) is 9.74. The molecule has 0 fully saturated rings. The van der Waals surface area contributed by atoms with Gasteiger partial charge in [0.1, 0.15) is 5.82 Å². The molecule has 1 aliphatic carbocycles. The Hall–Kier alpha value is -3.71. The Morgan fingerprint density at radius 2 is 1.21 bits per heavy atom. The Kier molecular flexibility index (Phi) is 4.42. The average Bonchev–Trinajstić information content (AvgIpc) is 3.15. The fourth-order valence-corrected chi connectivity index (χ4v) is 4.04. The van der Waals surface area contributed by atoms with Crippen molar-refractivity contribution >= 4 is 22.8 Å². The second-order valence-corrected chi connectivity index (χ2v) is 7.14. The van der Waals surface area contributed by atoms with Crippen LogP contribution < -0.4 is 0 Å². The van der Waals surface area contributed by atoms with E-state index in [0.717, 1.165) is 39.0 Å². The Bertz CT molecular complexity index is 1190. The van der Waals surface area contributed by atoms with Gasteiger partial charge in [-0.05, 0) is 62.7 Å². The van der Waals surface area contributed by atoms with E-state index in [1.54, 1.807) is 12.1 Å². The molecule has 4 aromatic carbocycles. The molecule has 0 aliphatic heterocycles. The maximum Gasteiger partial charge on any atom is 0.123 e. The zero-order chi connectivity index (χ0) is 19.6. The Morgan fingerprint density at radius 1 is 0.586 bits per heavy atom. The molecule has 4 aromatic rings. The van der Waals surface area contributed by atoms with Crippen LogP contribution in [-0.4, -0.2) is 0 Å². The Morgan fingerprint density at radius 3 is 1.86 bits per heavy atom. The summed E-state index contributed by atoms with van der Waals surface area (Å²) >= 11 is 0. The van der Waals surface area contributed by atoms with Crippen LogP contribution in [0.3, 0.4) is 0 Å². The van der Waals surface area contributed by atoms with E-state index >= 15 is 0 Å². The first kappa shape index (κ1) is 17.4. The van der Waals surface area contributed by atoms with E-state index in [0.29, 0.717) is 0 Å². The molecule has 0 atom stereocenters. The number of fused-ring (bicyclic) bond motifs is 1. The van der Waals surface area contributed by atoms with Crippen LogP contribution >= 0.6 is 0 Å². The fourth-order valence-electron chi connectivity index (χ4n) is 4.04. The highest BCUT2D eigenvalue weighted by atomic mass is 19.1. The van der Waals surface area contributed by atoms with E-state index < -0.39 is 0 Å². The van der Waals surface area contributed by atoms with Crippen molar-refractivity contribution in [3.63, 3.8) is 0 Å². The van der Waals surface area contributed by atoms with Crippen LogP contribution in [0.4, 0.5) is 4.39 Å². The monoisotopic (exact) mass is 374 g/mol. The molecule has 29 heavy (non-hydrogen) atoms. The molecule has 0 nitrogen and oxygen atoms in total. The van der Waals surface area contributed by atoms with Crippen molar-refractivity contribution in [1.29, 1.82) is 0 Å². The molecule has 0 unspecified atom stereocenters. The summed E-state index contributed by atoms with van der Waals surface area (Å²) in [5.74, 6) is -0.223. The normalized spacial score (nSPS) is 12.4. The first-order chi connectivity index (χ1) is 14.3. The average molecular weight is 374 g/mol. The largest absolute Gasteiger partial charge is 0.207 e. The molecule has 0 spiro atoms. The number of hydrogen-bond acceptors (Lipinski definition) is 0. The lowest BCUT2D eigenvalue weighted by Gasteiger charge is -2.17. The molecule has 0 saturated carbocycles. The van der Waals surface area contributed by atoms with Gasteiger partial charge in [-0.25, -0.2) is 4.39 Å². The molecule has 1 aliphatic rings. The Balaban J connectivity index is 1.87. The second kappa shape index (κ2) is 7.37. The van der Waals surface area contributed by atoms with Gasteiger partial charge in [-0.3, -0.25) is 0 Å². The number of hydrogen-bond donors (Lipinski definition) is 0. The maximum atomic E-state index is 14.1. The standard InChI is InChI=1S/C28H19F/c29-24-16-9-15-22(18-24)26-19-23-14-7-8-17-25(23)28(26)27(20-10-3-1-4-11-20)21-12-5-2-6-13-21/h1-19H. The summed E-state index contributed by atoms with van der Waals surface area (Å²) in [6, 6.07) is 36.1. The molecule has 0 bridgehead atoms. The smallest absolute Gasteiger partial charge is 0.123 e. The van der Waals surface area contributed by atoms with Crippen LogP contribution in [0.15, 0.2) is 109 Å². The van der Waals surface area contributed by atoms with Crippen LogP contribution in [0.5, 0.6) is 0 Å². The summed E-state index contributed by atoms with van der Waals surface area (Å²) < 4.78 is 14.1. The van der Waals surface area contributed by atoms with E-state index in [-0.39, 0.29) is 5.82 Å². The zero-order valence-electron chi connectivity index (χ0n) is 15.8. The highest BCUT2D eigenvalue weighted by Crippen LogP contribution is 2.47. The van der Waals surface area contributed by atoms with Gasteiger partial charge in [-0.2, -0.15) is 0 Å². The summed E-state index contributed by atoms with van der Waals surface area (Å²) in [6.07, 6.45) is 2.17. The molecular formula is C28H19F. The first-order valence-corrected chi connectivity index (χ1v) is 9.74. The zero-order valence-corrected chi connectivity index (χ0v) is 15.8. The van der Waals surface area contributed by atoms with Gasteiger partial charge in [0.2, 0.25) is 0 Å². The van der Waals surface area contributed by atoms with Crippen molar-refractivity contribution in [2.75, 3.05) is 0 Å². The molecular weight excluding hydrogens is 355 g/mol. The quantitative estimate of drug-likeness (QED) is 0.352. The number of benzene rings is 4. The van der Waals surface area contributed by atoms with Gasteiger partial charge < -0.3 is 0 Å². The lowest BCUT2D eigenvalue weighted by molar-refractivity contribution is 0.627. The van der Waals surface area contributed by atoms with Crippen molar-refractivity contribution in [3.8, 4) is 0 Å². The van der Waals surface area contributed by atoms with Gasteiger partial charge >= 0.3 is 0 Å². The third-order valence-corrected chi connectivity index (χ3v) is 5.31. The van der Waals surface area contributed by atoms with Gasteiger partial charge in [0.25, 0.3) is 0 Å². The minimum atomic E-state index is -0.223. The maximum absolute atomic E-state index is 14.1. The van der Waals surface area contributed by atoms with Gasteiger partial charge in [-0.15, -0.1) is 0 Å². The summed E-state index contributed by atoms with van der Waals surface area (Å²) in [7, 11) is 0. The third kappa shape index (κ3) is 3.21. The summed E-state index contributed by atoms with van der Waals surface area (Å²) in [6.45, 7) is 0. The Labute approximate surface area is 170 Å². The molecule has 0 saturated heterocycles. The lowest BCUT2D eigenvalue weighted by Crippen LogP contribution is -1.96. The highest BCUT2D eigenvalue weighted by Gasteiger charge is 2.25. The molecule has 1 heteroatoms. The molecule has 0 amide bonds. The molecule has 0 heterocycles. The fraction of sp³-hybridized carbons (Fsp3) is 0. The predicted octanol–water partition coefficient (Wildman–Crippen LogP) is 7.34. The molecule has 138 valence electrons. The SMILES string of the molecule is Fc1cccc(C2=Cc3ccccc3C2=C(c2ccccc2)c2ccccc2)c1. The second-order valence-electron chi connectivity index (χ2n) is 7.14. The van der Waals surface area contributed by atoms with E-state index in [9.17, 15) is 4.39 Å². The van der Waals surface area contributed by atoms with E-state index in [4.69, 9.17) is 0 Å². The van der Waals surface area contributed by atoms with Gasteiger partial charge in [-0.1, -0.05) is 97.1 Å².